The van der Waals surface area contributed by atoms with Gasteiger partial charge in [0.05, 0.1) is 6.10 Å². The Morgan fingerprint density at radius 1 is 1.00 bits per heavy atom. The van der Waals surface area contributed by atoms with Crippen LogP contribution in [0.5, 0.6) is 0 Å². The quantitative estimate of drug-likeness (QED) is 0.594. The molecule has 0 heterocycles. The van der Waals surface area contributed by atoms with Crippen molar-refractivity contribution < 1.29 is 5.11 Å². The maximum atomic E-state index is 10.1. The zero-order chi connectivity index (χ0) is 20.1. The molecule has 4 rings (SSSR count). The van der Waals surface area contributed by atoms with E-state index in [9.17, 15) is 5.11 Å². The second-order valence-electron chi connectivity index (χ2n) is 10.8. The first kappa shape index (κ1) is 20.2. The van der Waals surface area contributed by atoms with Crippen LogP contribution in [0.4, 0.5) is 0 Å². The smallest absolute Gasteiger partial charge is 0.0583 e. The summed E-state index contributed by atoms with van der Waals surface area (Å²) in [6.07, 6.45) is 13.1. The predicted octanol–water partition coefficient (Wildman–Crippen LogP) is 6.47. The van der Waals surface area contributed by atoms with Crippen LogP contribution < -0.4 is 0 Å². The van der Waals surface area contributed by atoms with Gasteiger partial charge in [0.15, 0.2) is 0 Å². The molecule has 0 saturated heterocycles. The van der Waals surface area contributed by atoms with Gasteiger partial charge in [0.1, 0.15) is 0 Å². The number of hydrogen-bond donors (Lipinski definition) is 1. The third-order valence-corrected chi connectivity index (χ3v) is 8.85. The van der Waals surface area contributed by atoms with Crippen molar-refractivity contribution in [3.8, 4) is 0 Å². The van der Waals surface area contributed by atoms with E-state index >= 15 is 0 Å². The summed E-state index contributed by atoms with van der Waals surface area (Å²) in [5, 5.41) is 10.1. The number of allylic oxidation sites excluding steroid dienone is 2. The average molecular weight is 381 g/mol. The van der Waals surface area contributed by atoms with Crippen LogP contribution >= 0.6 is 0 Å². The lowest BCUT2D eigenvalue weighted by atomic mass is 9.60. The molecule has 4 unspecified atom stereocenters. The van der Waals surface area contributed by atoms with E-state index in [1.807, 2.05) is 0 Å². The van der Waals surface area contributed by atoms with Gasteiger partial charge in [-0.3, -0.25) is 0 Å². The molecule has 6 atom stereocenters. The van der Waals surface area contributed by atoms with Gasteiger partial charge < -0.3 is 5.11 Å². The monoisotopic (exact) mass is 380 g/mol. The minimum atomic E-state index is -0.129. The van der Waals surface area contributed by atoms with E-state index in [0.717, 1.165) is 37.0 Å². The molecule has 1 N–H and O–H groups in total. The van der Waals surface area contributed by atoms with E-state index in [-0.39, 0.29) is 6.10 Å². The van der Waals surface area contributed by atoms with E-state index in [4.69, 9.17) is 0 Å². The van der Waals surface area contributed by atoms with Gasteiger partial charge in [-0.1, -0.05) is 58.9 Å². The van der Waals surface area contributed by atoms with Gasteiger partial charge in [-0.2, -0.15) is 0 Å². The van der Waals surface area contributed by atoms with Crippen LogP contribution in [0.2, 0.25) is 0 Å². The van der Waals surface area contributed by atoms with Crippen LogP contribution in [0.3, 0.4) is 0 Å². The third kappa shape index (κ3) is 3.38. The molecule has 154 valence electrons. The Morgan fingerprint density at radius 3 is 2.54 bits per heavy atom. The summed E-state index contributed by atoms with van der Waals surface area (Å²) in [6.45, 7) is 12.1. The number of aliphatic hydroxyl groups excluding tert-OH is 1. The highest BCUT2D eigenvalue weighted by Crippen LogP contribution is 2.61. The Balaban J connectivity index is 1.58. The first-order chi connectivity index (χ1) is 13.3. The van der Waals surface area contributed by atoms with E-state index in [1.165, 1.54) is 31.2 Å². The molecule has 1 fully saturated rings. The van der Waals surface area contributed by atoms with Crippen LogP contribution in [0.1, 0.15) is 88.5 Å². The highest BCUT2D eigenvalue weighted by molar-refractivity contribution is 5.47. The van der Waals surface area contributed by atoms with Gasteiger partial charge in [0.25, 0.3) is 0 Å². The summed E-state index contributed by atoms with van der Waals surface area (Å²) in [5.74, 6) is 3.60. The summed E-state index contributed by atoms with van der Waals surface area (Å²) in [5.41, 5.74) is 6.81. The lowest BCUT2D eigenvalue weighted by Gasteiger charge is -2.44. The van der Waals surface area contributed by atoms with Gasteiger partial charge >= 0.3 is 0 Å². The fourth-order valence-electron chi connectivity index (χ4n) is 6.65. The highest BCUT2D eigenvalue weighted by Gasteiger charge is 2.50. The molecular formula is C27H40O. The molecule has 1 nitrogen and oxygen atoms in total. The molecule has 3 aliphatic rings. The molecule has 0 spiro atoms. The first-order valence-corrected chi connectivity index (χ1v) is 11.8. The average Bonchev–Trinajstić information content (AvgIpc) is 3.02. The van der Waals surface area contributed by atoms with E-state index in [1.54, 1.807) is 16.7 Å². The van der Waals surface area contributed by atoms with Gasteiger partial charge in [-0.25, -0.2) is 0 Å². The fourth-order valence-corrected chi connectivity index (χ4v) is 6.65. The highest BCUT2D eigenvalue weighted by atomic mass is 16.3. The number of aliphatic hydroxyl groups is 1. The van der Waals surface area contributed by atoms with Crippen molar-refractivity contribution in [1.82, 2.24) is 0 Å². The second-order valence-corrected chi connectivity index (χ2v) is 10.8. The number of fused-ring (bicyclic) bond motifs is 5. The van der Waals surface area contributed by atoms with Gasteiger partial charge in [-0.15, -0.1) is 0 Å². The van der Waals surface area contributed by atoms with Gasteiger partial charge in [-0.05, 0) is 102 Å². The number of rotatable bonds is 4. The molecule has 28 heavy (non-hydrogen) atoms. The Kier molecular flexibility index (Phi) is 5.51. The molecule has 1 heteroatoms. The maximum absolute atomic E-state index is 10.1. The molecule has 0 amide bonds. The summed E-state index contributed by atoms with van der Waals surface area (Å²) in [4.78, 5) is 0. The lowest BCUT2D eigenvalue weighted by Crippen LogP contribution is -2.35. The fraction of sp³-hybridized carbons (Fsp3) is 0.704. The number of benzene rings is 1. The van der Waals surface area contributed by atoms with Gasteiger partial charge in [0, 0.05) is 0 Å². The van der Waals surface area contributed by atoms with E-state index in [2.05, 4.69) is 58.9 Å². The van der Waals surface area contributed by atoms with Crippen LogP contribution in [-0.4, -0.2) is 11.2 Å². The molecular weight excluding hydrogens is 340 g/mol. The molecule has 1 saturated carbocycles. The minimum Gasteiger partial charge on any atom is -0.393 e. The molecule has 0 radical (unpaired) electrons. The first-order valence-electron chi connectivity index (χ1n) is 11.8. The molecule has 0 aromatic heterocycles. The SMILES string of the molecule is CC(C)[C@@H](C)/C=C/[C@@H](C)C1CCC2c3ccc4c(c3CCC21C)CCC(O)C4. The zero-order valence-corrected chi connectivity index (χ0v) is 18.7. The van der Waals surface area contributed by atoms with Crippen LogP contribution in [0.25, 0.3) is 0 Å². The van der Waals surface area contributed by atoms with Crippen molar-refractivity contribution in [2.75, 3.05) is 0 Å². The summed E-state index contributed by atoms with van der Waals surface area (Å²) in [6, 6.07) is 4.79. The van der Waals surface area contributed by atoms with E-state index < -0.39 is 0 Å². The van der Waals surface area contributed by atoms with Crippen LogP contribution in [0, 0.1) is 29.1 Å². The van der Waals surface area contributed by atoms with Crippen molar-refractivity contribution in [3.05, 3.63) is 46.5 Å². The molecule has 1 aromatic carbocycles. The summed E-state index contributed by atoms with van der Waals surface area (Å²) in [7, 11) is 0. The van der Waals surface area contributed by atoms with Crippen molar-refractivity contribution in [2.24, 2.45) is 29.1 Å². The Morgan fingerprint density at radius 2 is 1.79 bits per heavy atom. The Labute approximate surface area is 172 Å². The molecule has 1 aromatic rings. The Bertz CT molecular complexity index is 745. The van der Waals surface area contributed by atoms with Crippen molar-refractivity contribution >= 4 is 0 Å². The largest absolute Gasteiger partial charge is 0.393 e. The third-order valence-electron chi connectivity index (χ3n) is 8.85. The maximum Gasteiger partial charge on any atom is 0.0583 e. The standard InChI is InChI=1S/C27H40O/c1-17(2)18(3)6-7-19(4)25-12-13-26-24-10-8-20-16-21(28)9-11-22(20)23(24)14-15-27(25,26)5/h6-8,10,17-19,21,25-26,28H,9,11-16H2,1-5H3/b7-6+/t18-,19+,21?,25?,26?,27?/m0/s1. The summed E-state index contributed by atoms with van der Waals surface area (Å²) < 4.78 is 0. The van der Waals surface area contributed by atoms with Crippen LogP contribution in [-0.2, 0) is 19.3 Å². The topological polar surface area (TPSA) is 20.2 Å². The van der Waals surface area contributed by atoms with Crippen molar-refractivity contribution in [3.63, 3.8) is 0 Å². The van der Waals surface area contributed by atoms with Gasteiger partial charge in [0.2, 0.25) is 0 Å². The van der Waals surface area contributed by atoms with Crippen molar-refractivity contribution in [1.29, 1.82) is 0 Å². The zero-order valence-electron chi connectivity index (χ0n) is 18.7. The van der Waals surface area contributed by atoms with E-state index in [0.29, 0.717) is 17.3 Å². The summed E-state index contributed by atoms with van der Waals surface area (Å²) >= 11 is 0. The minimum absolute atomic E-state index is 0.129. The second kappa shape index (κ2) is 7.63. The van der Waals surface area contributed by atoms with Crippen molar-refractivity contribution in [2.45, 2.75) is 91.6 Å². The predicted molar refractivity (Wildman–Crippen MR) is 119 cm³/mol. The molecule has 0 aliphatic heterocycles. The Hall–Kier alpha value is -1.08. The number of hydrogen-bond acceptors (Lipinski definition) is 1. The lowest BCUT2D eigenvalue weighted by molar-refractivity contribution is 0.140. The molecule has 3 aliphatic carbocycles. The molecule has 0 bridgehead atoms. The van der Waals surface area contributed by atoms with Crippen LogP contribution in [0.15, 0.2) is 24.3 Å². The normalized spacial score (nSPS) is 34.2.